The third kappa shape index (κ3) is 3.24. The summed E-state index contributed by atoms with van der Waals surface area (Å²) in [4.78, 5) is 17.2. The van der Waals surface area contributed by atoms with Gasteiger partial charge in [-0.05, 0) is 35.4 Å². The van der Waals surface area contributed by atoms with Crippen LogP contribution in [0.2, 0.25) is 0 Å². The Hall–Kier alpha value is -3.55. The second-order valence-corrected chi connectivity index (χ2v) is 6.26. The molecule has 0 amide bonds. The predicted molar refractivity (Wildman–Crippen MR) is 101 cm³/mol. The van der Waals surface area contributed by atoms with E-state index in [0.717, 1.165) is 5.56 Å². The van der Waals surface area contributed by atoms with Gasteiger partial charge in [-0.25, -0.2) is 13.8 Å². The molecule has 0 aliphatic heterocycles. The quantitative estimate of drug-likeness (QED) is 0.570. The molecule has 2 aromatic heterocycles. The average Bonchev–Trinajstić information content (AvgIpc) is 3.20. The molecular formula is C20H16F2N4O2. The monoisotopic (exact) mass is 382 g/mol. The molecule has 2 aromatic carbocycles. The van der Waals surface area contributed by atoms with E-state index in [-0.39, 0.29) is 11.3 Å². The topological polar surface area (TPSA) is 72.8 Å². The zero-order chi connectivity index (χ0) is 19.7. The van der Waals surface area contributed by atoms with E-state index in [2.05, 4.69) is 15.2 Å². The lowest BCUT2D eigenvalue weighted by molar-refractivity contribution is 0.146. The Bertz CT molecular complexity index is 1200. The van der Waals surface area contributed by atoms with E-state index in [1.807, 2.05) is 24.3 Å². The molecule has 0 bridgehead atoms. The molecule has 0 aliphatic carbocycles. The number of alkyl halides is 2. The molecule has 8 heteroatoms. The van der Waals surface area contributed by atoms with Crippen LogP contribution in [-0.4, -0.2) is 26.9 Å². The van der Waals surface area contributed by atoms with Crippen LogP contribution in [-0.2, 0) is 6.54 Å². The molecule has 0 unspecified atom stereocenters. The average molecular weight is 382 g/mol. The molecule has 0 atom stereocenters. The third-order valence-electron chi connectivity index (χ3n) is 4.51. The summed E-state index contributed by atoms with van der Waals surface area (Å²) in [6.45, 7) is 0.345. The van der Waals surface area contributed by atoms with Gasteiger partial charge in [0.15, 0.2) is 0 Å². The van der Waals surface area contributed by atoms with Crippen molar-refractivity contribution in [2.24, 2.45) is 0 Å². The Morgan fingerprint density at radius 3 is 2.86 bits per heavy atom. The smallest absolute Gasteiger partial charge is 0.280 e. The summed E-state index contributed by atoms with van der Waals surface area (Å²) in [6.07, 6.45) is 0.126. The minimum absolute atomic E-state index is 0.208. The normalized spacial score (nSPS) is 11.3. The van der Waals surface area contributed by atoms with E-state index in [1.165, 1.54) is 17.1 Å². The highest BCUT2D eigenvalue weighted by Crippen LogP contribution is 2.30. The van der Waals surface area contributed by atoms with Crippen molar-refractivity contribution < 1.29 is 13.5 Å². The van der Waals surface area contributed by atoms with Crippen LogP contribution in [0.5, 0.6) is 5.75 Å². The molecule has 142 valence electrons. The van der Waals surface area contributed by atoms with Crippen molar-refractivity contribution in [3.05, 3.63) is 76.6 Å². The number of H-pyrrole nitrogens is 1. The van der Waals surface area contributed by atoms with Crippen LogP contribution in [0.3, 0.4) is 0 Å². The predicted octanol–water partition coefficient (Wildman–Crippen LogP) is 3.78. The van der Waals surface area contributed by atoms with Gasteiger partial charge in [0.05, 0.1) is 37.1 Å². The van der Waals surface area contributed by atoms with Crippen LogP contribution in [0.15, 0.2) is 59.8 Å². The molecule has 28 heavy (non-hydrogen) atoms. The summed E-state index contributed by atoms with van der Waals surface area (Å²) in [5.41, 5.74) is 1.68. The SMILES string of the molecule is COc1cccc(Cn2cnc3cc(-c4cn[nH]c4C(F)F)ccc3c2=O)c1. The minimum atomic E-state index is -2.67. The molecule has 0 radical (unpaired) electrons. The first-order valence-corrected chi connectivity index (χ1v) is 8.50. The van der Waals surface area contributed by atoms with E-state index in [0.29, 0.717) is 34.3 Å². The minimum Gasteiger partial charge on any atom is -0.497 e. The molecule has 0 fully saturated rings. The maximum atomic E-state index is 13.1. The van der Waals surface area contributed by atoms with Gasteiger partial charge in [0.1, 0.15) is 11.4 Å². The van der Waals surface area contributed by atoms with Crippen molar-refractivity contribution >= 4 is 10.9 Å². The fourth-order valence-electron chi connectivity index (χ4n) is 3.10. The van der Waals surface area contributed by atoms with Crippen molar-refractivity contribution in [2.45, 2.75) is 13.0 Å². The zero-order valence-corrected chi connectivity index (χ0v) is 14.9. The van der Waals surface area contributed by atoms with Crippen LogP contribution in [0.1, 0.15) is 17.7 Å². The Morgan fingerprint density at radius 1 is 1.21 bits per heavy atom. The molecule has 4 aromatic rings. The number of benzene rings is 2. The Morgan fingerprint density at radius 2 is 2.07 bits per heavy atom. The van der Waals surface area contributed by atoms with Crippen LogP contribution < -0.4 is 10.3 Å². The first kappa shape index (κ1) is 17.8. The van der Waals surface area contributed by atoms with E-state index < -0.39 is 6.43 Å². The van der Waals surface area contributed by atoms with Gasteiger partial charge in [0, 0.05) is 5.56 Å². The van der Waals surface area contributed by atoms with Gasteiger partial charge in [-0.3, -0.25) is 14.5 Å². The Kier molecular flexibility index (Phi) is 4.60. The number of hydrogen-bond acceptors (Lipinski definition) is 4. The molecule has 0 saturated carbocycles. The van der Waals surface area contributed by atoms with Gasteiger partial charge in [0.25, 0.3) is 12.0 Å². The summed E-state index contributed by atoms with van der Waals surface area (Å²) in [7, 11) is 1.58. The van der Waals surface area contributed by atoms with Crippen LogP contribution >= 0.6 is 0 Å². The van der Waals surface area contributed by atoms with Gasteiger partial charge < -0.3 is 4.74 Å². The summed E-state index contributed by atoms with van der Waals surface area (Å²) in [6, 6.07) is 12.3. The van der Waals surface area contributed by atoms with Gasteiger partial charge in [-0.2, -0.15) is 5.10 Å². The fraction of sp³-hybridized carbons (Fsp3) is 0.150. The molecular weight excluding hydrogens is 366 g/mol. The van der Waals surface area contributed by atoms with Crippen molar-refractivity contribution in [3.63, 3.8) is 0 Å². The highest BCUT2D eigenvalue weighted by Gasteiger charge is 2.17. The number of nitrogens with zero attached hydrogens (tertiary/aromatic N) is 3. The van der Waals surface area contributed by atoms with Crippen LogP contribution in [0, 0.1) is 0 Å². The van der Waals surface area contributed by atoms with E-state index in [4.69, 9.17) is 4.74 Å². The number of aromatic nitrogens is 4. The summed E-state index contributed by atoms with van der Waals surface area (Å²) in [5, 5.41) is 6.42. The molecule has 4 rings (SSSR count). The molecule has 0 spiro atoms. The summed E-state index contributed by atoms with van der Waals surface area (Å²) < 4.78 is 32.9. The highest BCUT2D eigenvalue weighted by atomic mass is 19.3. The van der Waals surface area contributed by atoms with E-state index >= 15 is 0 Å². The van der Waals surface area contributed by atoms with Crippen molar-refractivity contribution in [2.75, 3.05) is 7.11 Å². The summed E-state index contributed by atoms with van der Waals surface area (Å²) in [5.74, 6) is 0.707. The third-order valence-corrected chi connectivity index (χ3v) is 4.51. The number of nitrogens with one attached hydrogen (secondary N) is 1. The maximum absolute atomic E-state index is 13.1. The van der Waals surface area contributed by atoms with Crippen molar-refractivity contribution in [1.82, 2.24) is 19.7 Å². The van der Waals surface area contributed by atoms with Gasteiger partial charge in [0.2, 0.25) is 0 Å². The molecule has 0 saturated heterocycles. The lowest BCUT2D eigenvalue weighted by Gasteiger charge is -2.09. The number of halogens is 2. The standard InChI is InChI=1S/C20H16F2N4O2/c1-28-14-4-2-3-12(7-14)10-26-11-23-17-8-13(5-6-15(17)20(26)27)16-9-24-25-18(16)19(21)22/h2-9,11,19H,10H2,1H3,(H,24,25). The van der Waals surface area contributed by atoms with Gasteiger partial charge >= 0.3 is 0 Å². The van der Waals surface area contributed by atoms with Gasteiger partial charge in [-0.1, -0.05) is 18.2 Å². The number of fused-ring (bicyclic) bond motifs is 1. The Balaban J connectivity index is 1.72. The molecule has 0 aliphatic rings. The molecule has 1 N–H and O–H groups in total. The number of aromatic amines is 1. The highest BCUT2D eigenvalue weighted by molar-refractivity contribution is 5.83. The number of rotatable bonds is 5. The number of methoxy groups -OCH3 is 1. The lowest BCUT2D eigenvalue weighted by atomic mass is 10.0. The maximum Gasteiger partial charge on any atom is 0.280 e. The fourth-order valence-corrected chi connectivity index (χ4v) is 3.10. The van der Waals surface area contributed by atoms with Crippen LogP contribution in [0.25, 0.3) is 22.0 Å². The second kappa shape index (κ2) is 7.22. The van der Waals surface area contributed by atoms with E-state index in [1.54, 1.807) is 25.3 Å². The largest absolute Gasteiger partial charge is 0.497 e. The summed E-state index contributed by atoms with van der Waals surface area (Å²) >= 11 is 0. The lowest BCUT2D eigenvalue weighted by Crippen LogP contribution is -2.21. The zero-order valence-electron chi connectivity index (χ0n) is 14.9. The van der Waals surface area contributed by atoms with E-state index in [9.17, 15) is 13.6 Å². The first-order chi connectivity index (χ1) is 13.6. The first-order valence-electron chi connectivity index (χ1n) is 8.50. The molecule has 2 heterocycles. The van der Waals surface area contributed by atoms with Crippen molar-refractivity contribution in [1.29, 1.82) is 0 Å². The number of hydrogen-bond donors (Lipinski definition) is 1. The van der Waals surface area contributed by atoms with Crippen molar-refractivity contribution in [3.8, 4) is 16.9 Å². The van der Waals surface area contributed by atoms with Gasteiger partial charge in [-0.15, -0.1) is 0 Å². The molecule has 6 nitrogen and oxygen atoms in total. The second-order valence-electron chi connectivity index (χ2n) is 6.26. The Labute approximate surface area is 158 Å². The van der Waals surface area contributed by atoms with Crippen LogP contribution in [0.4, 0.5) is 8.78 Å². The number of ether oxygens (including phenoxy) is 1.